The molecule has 2 aliphatic rings. The molecule has 1 aliphatic carbocycles. The number of hydrogen-bond donors (Lipinski definition) is 0. The lowest BCUT2D eigenvalue weighted by molar-refractivity contribution is 0.597. The Labute approximate surface area is 97.6 Å². The molecular weight excluding hydrogens is 256 g/mol. The summed E-state index contributed by atoms with van der Waals surface area (Å²) < 4.78 is 0. The third-order valence-corrected chi connectivity index (χ3v) is 5.50. The SMILES string of the molecule is BrCC1CC12CCSc1ccccc12. The zero-order chi connectivity index (χ0) is 9.60. The summed E-state index contributed by atoms with van der Waals surface area (Å²) in [6.45, 7) is 0. The number of fused-ring (bicyclic) bond motifs is 2. The Kier molecular flexibility index (Phi) is 2.17. The summed E-state index contributed by atoms with van der Waals surface area (Å²) in [5, 5.41) is 1.17. The van der Waals surface area contributed by atoms with Crippen molar-refractivity contribution in [3.05, 3.63) is 29.8 Å². The van der Waals surface area contributed by atoms with Crippen LogP contribution < -0.4 is 0 Å². The van der Waals surface area contributed by atoms with Gasteiger partial charge in [0.15, 0.2) is 0 Å². The second-order valence-corrected chi connectivity index (χ2v) is 6.09. The predicted molar refractivity (Wildman–Crippen MR) is 65.4 cm³/mol. The number of halogens is 1. The Balaban J connectivity index is 2.05. The van der Waals surface area contributed by atoms with E-state index in [1.54, 1.807) is 5.56 Å². The first-order valence-electron chi connectivity index (χ1n) is 5.15. The van der Waals surface area contributed by atoms with Crippen LogP contribution in [0, 0.1) is 5.92 Å². The monoisotopic (exact) mass is 268 g/mol. The van der Waals surface area contributed by atoms with Gasteiger partial charge in [0, 0.05) is 15.6 Å². The molecule has 2 atom stereocenters. The molecule has 3 rings (SSSR count). The van der Waals surface area contributed by atoms with Gasteiger partial charge in [-0.2, -0.15) is 0 Å². The molecule has 0 saturated heterocycles. The number of rotatable bonds is 1. The maximum Gasteiger partial charge on any atom is 0.0110 e. The van der Waals surface area contributed by atoms with Gasteiger partial charge >= 0.3 is 0 Å². The van der Waals surface area contributed by atoms with Crippen LogP contribution in [-0.2, 0) is 5.41 Å². The lowest BCUT2D eigenvalue weighted by atomic mass is 9.90. The normalized spacial score (nSPS) is 34.2. The fraction of sp³-hybridized carbons (Fsp3) is 0.500. The molecule has 0 radical (unpaired) electrons. The molecule has 0 aromatic heterocycles. The molecule has 2 unspecified atom stereocenters. The van der Waals surface area contributed by atoms with Crippen LogP contribution in [0.15, 0.2) is 29.2 Å². The third kappa shape index (κ3) is 1.20. The quantitative estimate of drug-likeness (QED) is 0.698. The van der Waals surface area contributed by atoms with Crippen LogP contribution in [0.3, 0.4) is 0 Å². The van der Waals surface area contributed by atoms with Gasteiger partial charge in [-0.25, -0.2) is 0 Å². The van der Waals surface area contributed by atoms with Gasteiger partial charge in [-0.3, -0.25) is 0 Å². The van der Waals surface area contributed by atoms with Gasteiger partial charge < -0.3 is 0 Å². The Morgan fingerprint density at radius 3 is 3.07 bits per heavy atom. The Morgan fingerprint density at radius 2 is 2.29 bits per heavy atom. The van der Waals surface area contributed by atoms with Crippen molar-refractivity contribution in [1.82, 2.24) is 0 Å². The minimum absolute atomic E-state index is 0.561. The fourth-order valence-corrected chi connectivity index (χ4v) is 4.84. The van der Waals surface area contributed by atoms with E-state index in [1.807, 2.05) is 11.8 Å². The van der Waals surface area contributed by atoms with Crippen molar-refractivity contribution < 1.29 is 0 Å². The van der Waals surface area contributed by atoms with E-state index in [0.717, 1.165) is 5.92 Å². The first kappa shape index (κ1) is 9.29. The minimum Gasteiger partial charge on any atom is -0.126 e. The highest BCUT2D eigenvalue weighted by atomic mass is 79.9. The second kappa shape index (κ2) is 3.28. The second-order valence-electron chi connectivity index (χ2n) is 4.31. The van der Waals surface area contributed by atoms with Gasteiger partial charge in [0.25, 0.3) is 0 Å². The van der Waals surface area contributed by atoms with Crippen molar-refractivity contribution in [3.8, 4) is 0 Å². The summed E-state index contributed by atoms with van der Waals surface area (Å²) in [4.78, 5) is 1.53. The smallest absolute Gasteiger partial charge is 0.0110 e. The maximum atomic E-state index is 3.63. The Morgan fingerprint density at radius 1 is 1.43 bits per heavy atom. The summed E-state index contributed by atoms with van der Waals surface area (Å²) in [5.74, 6) is 2.20. The molecule has 74 valence electrons. The number of alkyl halides is 1. The molecule has 1 fully saturated rings. The summed E-state index contributed by atoms with van der Waals surface area (Å²) in [6.07, 6.45) is 2.78. The van der Waals surface area contributed by atoms with Crippen molar-refractivity contribution in [1.29, 1.82) is 0 Å². The number of thioether (sulfide) groups is 1. The molecular formula is C12H13BrS. The van der Waals surface area contributed by atoms with Crippen LogP contribution >= 0.6 is 27.7 Å². The van der Waals surface area contributed by atoms with Gasteiger partial charge in [-0.05, 0) is 36.1 Å². The molecule has 1 spiro atoms. The molecule has 1 aromatic carbocycles. The van der Waals surface area contributed by atoms with E-state index in [4.69, 9.17) is 0 Å². The lowest BCUT2D eigenvalue weighted by Gasteiger charge is -2.25. The number of benzene rings is 1. The minimum atomic E-state index is 0.561. The molecule has 14 heavy (non-hydrogen) atoms. The summed E-state index contributed by atoms with van der Waals surface area (Å²) in [6, 6.07) is 8.97. The Hall–Kier alpha value is 0.0500. The summed E-state index contributed by atoms with van der Waals surface area (Å²) in [5.41, 5.74) is 2.19. The van der Waals surface area contributed by atoms with E-state index in [9.17, 15) is 0 Å². The molecule has 1 saturated carbocycles. The third-order valence-electron chi connectivity index (χ3n) is 3.65. The van der Waals surface area contributed by atoms with E-state index in [1.165, 1.54) is 28.8 Å². The highest BCUT2D eigenvalue weighted by Crippen LogP contribution is 2.61. The largest absolute Gasteiger partial charge is 0.126 e. The molecule has 2 heteroatoms. The van der Waals surface area contributed by atoms with Crippen molar-refractivity contribution in [2.75, 3.05) is 11.1 Å². The van der Waals surface area contributed by atoms with Crippen molar-refractivity contribution in [3.63, 3.8) is 0 Å². The predicted octanol–water partition coefficient (Wildman–Crippen LogP) is 3.84. The molecule has 0 amide bonds. The molecule has 0 bridgehead atoms. The molecule has 1 heterocycles. The van der Waals surface area contributed by atoms with E-state index in [0.29, 0.717) is 5.41 Å². The van der Waals surface area contributed by atoms with Crippen LogP contribution in [0.1, 0.15) is 18.4 Å². The van der Waals surface area contributed by atoms with E-state index >= 15 is 0 Å². The highest BCUT2D eigenvalue weighted by Gasteiger charge is 2.55. The zero-order valence-corrected chi connectivity index (χ0v) is 10.4. The standard InChI is InChI=1S/C12H13BrS/c13-8-9-7-12(9)5-6-14-11-4-2-1-3-10(11)12/h1-4,9H,5-8H2. The van der Waals surface area contributed by atoms with Crippen LogP contribution in [-0.4, -0.2) is 11.1 Å². The van der Waals surface area contributed by atoms with Gasteiger partial charge in [0.2, 0.25) is 0 Å². The van der Waals surface area contributed by atoms with E-state index in [2.05, 4.69) is 40.2 Å². The van der Waals surface area contributed by atoms with Crippen molar-refractivity contribution >= 4 is 27.7 Å². The van der Waals surface area contributed by atoms with Crippen LogP contribution in [0.2, 0.25) is 0 Å². The van der Waals surface area contributed by atoms with Gasteiger partial charge in [0.1, 0.15) is 0 Å². The van der Waals surface area contributed by atoms with Crippen LogP contribution in [0.5, 0.6) is 0 Å². The van der Waals surface area contributed by atoms with Gasteiger partial charge in [-0.15, -0.1) is 11.8 Å². The number of hydrogen-bond acceptors (Lipinski definition) is 1. The summed E-state index contributed by atoms with van der Waals surface area (Å²) in [7, 11) is 0. The van der Waals surface area contributed by atoms with E-state index in [-0.39, 0.29) is 0 Å². The fourth-order valence-electron chi connectivity index (χ4n) is 2.70. The van der Waals surface area contributed by atoms with Crippen molar-refractivity contribution in [2.45, 2.75) is 23.2 Å². The first-order valence-corrected chi connectivity index (χ1v) is 7.26. The van der Waals surface area contributed by atoms with Crippen LogP contribution in [0.4, 0.5) is 0 Å². The topological polar surface area (TPSA) is 0 Å². The molecule has 1 aromatic rings. The van der Waals surface area contributed by atoms with Crippen LogP contribution in [0.25, 0.3) is 0 Å². The van der Waals surface area contributed by atoms with Crippen molar-refractivity contribution in [2.24, 2.45) is 5.92 Å². The van der Waals surface area contributed by atoms with E-state index < -0.39 is 0 Å². The molecule has 0 nitrogen and oxygen atoms in total. The average Bonchev–Trinajstić information content (AvgIpc) is 2.94. The average molecular weight is 269 g/mol. The zero-order valence-electron chi connectivity index (χ0n) is 8.00. The Bertz CT molecular complexity index is 363. The van der Waals surface area contributed by atoms with Gasteiger partial charge in [-0.1, -0.05) is 34.1 Å². The molecule has 1 aliphatic heterocycles. The molecule has 0 N–H and O–H groups in total. The van der Waals surface area contributed by atoms with Gasteiger partial charge in [0.05, 0.1) is 0 Å². The lowest BCUT2D eigenvalue weighted by Crippen LogP contribution is -2.17. The highest BCUT2D eigenvalue weighted by molar-refractivity contribution is 9.09. The maximum absolute atomic E-state index is 3.63. The first-order chi connectivity index (χ1) is 6.87. The summed E-state index contributed by atoms with van der Waals surface area (Å²) >= 11 is 5.66.